The molecule has 1 amide bonds. The van der Waals surface area contributed by atoms with Crippen LogP contribution >= 0.6 is 11.3 Å². The van der Waals surface area contributed by atoms with E-state index in [2.05, 4.69) is 0 Å². The van der Waals surface area contributed by atoms with Crippen LogP contribution in [-0.4, -0.2) is 71.4 Å². The fraction of sp³-hybridized carbons (Fsp3) is 0.632. The number of nitrogens with two attached hydrogens (primary N) is 1. The van der Waals surface area contributed by atoms with E-state index in [1.165, 1.54) is 17.9 Å². The number of nitrogens with zero attached hydrogens (tertiary/aromatic N) is 1. The summed E-state index contributed by atoms with van der Waals surface area (Å²) in [5.41, 5.74) is 0.177. The van der Waals surface area contributed by atoms with Crippen LogP contribution < -0.4 is 5.14 Å². The minimum Gasteiger partial charge on any atom is -0.466 e. The Kier molecular flexibility index (Phi) is 9.45. The summed E-state index contributed by atoms with van der Waals surface area (Å²) in [6.07, 6.45) is -1.03. The van der Waals surface area contributed by atoms with Gasteiger partial charge in [0.15, 0.2) is 9.84 Å². The molecule has 0 spiro atoms. The van der Waals surface area contributed by atoms with Gasteiger partial charge in [-0.05, 0) is 33.3 Å². The normalized spacial score (nSPS) is 19.1. The third kappa shape index (κ3) is 6.67. The van der Waals surface area contributed by atoms with Crippen molar-refractivity contribution in [1.82, 2.24) is 4.90 Å². The lowest BCUT2D eigenvalue weighted by Gasteiger charge is -2.35. The number of sulfone groups is 1. The second-order valence-electron chi connectivity index (χ2n) is 7.39. The van der Waals surface area contributed by atoms with Crippen LogP contribution in [0.1, 0.15) is 51.6 Å². The largest absolute Gasteiger partial charge is 0.466 e. The van der Waals surface area contributed by atoms with E-state index in [9.17, 15) is 31.2 Å². The maximum absolute atomic E-state index is 12.7. The SMILES string of the molecule is CCOC(=O)CCC(=O)OCCOC(=O)N(CC)[C@H]1C[C@H](C)S(=O)(=O)c2sc(S(N)(=O)=O)cc21. The van der Waals surface area contributed by atoms with Crippen LogP contribution in [0.4, 0.5) is 4.79 Å². The Bertz CT molecular complexity index is 1130. The zero-order chi connectivity index (χ0) is 25.7. The fourth-order valence-corrected chi connectivity index (χ4v) is 7.76. The van der Waals surface area contributed by atoms with Gasteiger partial charge in [-0.1, -0.05) is 0 Å². The first-order chi connectivity index (χ1) is 15.8. The second-order valence-corrected chi connectivity index (χ2v) is 12.8. The summed E-state index contributed by atoms with van der Waals surface area (Å²) < 4.78 is 63.4. The minimum absolute atomic E-state index is 0.0436. The quantitative estimate of drug-likeness (QED) is 0.259. The molecule has 1 aliphatic rings. The lowest BCUT2D eigenvalue weighted by atomic mass is 10.0. The Hall–Kier alpha value is -2.23. The highest BCUT2D eigenvalue weighted by Gasteiger charge is 2.42. The Morgan fingerprint density at radius 1 is 1.12 bits per heavy atom. The van der Waals surface area contributed by atoms with E-state index in [1.54, 1.807) is 13.8 Å². The van der Waals surface area contributed by atoms with Crippen LogP contribution in [-0.2, 0) is 43.7 Å². The third-order valence-corrected chi connectivity index (χ3v) is 10.4. The number of fused-ring (bicyclic) bond motifs is 1. The summed E-state index contributed by atoms with van der Waals surface area (Å²) in [7, 11) is -7.92. The molecule has 2 N–H and O–H groups in total. The molecular formula is C19H28N2O10S3. The van der Waals surface area contributed by atoms with Gasteiger partial charge in [0.05, 0.1) is 30.7 Å². The van der Waals surface area contributed by atoms with Crippen LogP contribution in [0.15, 0.2) is 14.5 Å². The summed E-state index contributed by atoms with van der Waals surface area (Å²) in [6, 6.07) is 0.440. The summed E-state index contributed by atoms with van der Waals surface area (Å²) >= 11 is 0.560. The molecule has 0 aliphatic carbocycles. The molecule has 1 aromatic heterocycles. The first-order valence-corrected chi connectivity index (χ1v) is 14.4. The molecule has 1 aliphatic heterocycles. The van der Waals surface area contributed by atoms with E-state index in [-0.39, 0.29) is 59.6 Å². The molecule has 1 aromatic rings. The van der Waals surface area contributed by atoms with Crippen LogP contribution in [0.5, 0.6) is 0 Å². The first kappa shape index (κ1) is 28.0. The molecule has 192 valence electrons. The molecule has 2 rings (SSSR count). The average molecular weight is 541 g/mol. The highest BCUT2D eigenvalue weighted by molar-refractivity contribution is 7.95. The maximum atomic E-state index is 12.7. The van der Waals surface area contributed by atoms with E-state index >= 15 is 0 Å². The number of hydrogen-bond acceptors (Lipinski definition) is 11. The summed E-state index contributed by atoms with van der Waals surface area (Å²) in [5, 5.41) is 4.32. The zero-order valence-corrected chi connectivity index (χ0v) is 21.5. The van der Waals surface area contributed by atoms with E-state index < -0.39 is 49.2 Å². The van der Waals surface area contributed by atoms with Gasteiger partial charge >= 0.3 is 18.0 Å². The van der Waals surface area contributed by atoms with Gasteiger partial charge in [-0.2, -0.15) is 0 Å². The Labute approximate surface area is 202 Å². The van der Waals surface area contributed by atoms with Crippen molar-refractivity contribution >= 4 is 49.2 Å². The number of sulfonamides is 1. The van der Waals surface area contributed by atoms with Gasteiger partial charge in [0.1, 0.15) is 21.6 Å². The molecular weight excluding hydrogens is 512 g/mol. The Morgan fingerprint density at radius 2 is 1.71 bits per heavy atom. The average Bonchev–Trinajstić information content (AvgIpc) is 3.21. The van der Waals surface area contributed by atoms with Crippen molar-refractivity contribution in [3.05, 3.63) is 11.6 Å². The summed E-state index contributed by atoms with van der Waals surface area (Å²) in [5.74, 6) is -1.17. The van der Waals surface area contributed by atoms with Crippen molar-refractivity contribution in [3.8, 4) is 0 Å². The minimum atomic E-state index is -4.14. The highest BCUT2D eigenvalue weighted by atomic mass is 32.3. The molecule has 12 nitrogen and oxygen atoms in total. The first-order valence-electron chi connectivity index (χ1n) is 10.5. The van der Waals surface area contributed by atoms with E-state index in [0.29, 0.717) is 11.3 Å². The van der Waals surface area contributed by atoms with Crippen molar-refractivity contribution in [1.29, 1.82) is 0 Å². The van der Waals surface area contributed by atoms with Gasteiger partial charge in [-0.25, -0.2) is 26.8 Å². The van der Waals surface area contributed by atoms with Crippen molar-refractivity contribution < 1.29 is 45.4 Å². The molecule has 0 saturated heterocycles. The molecule has 0 fully saturated rings. The van der Waals surface area contributed by atoms with Crippen LogP contribution in [0.3, 0.4) is 0 Å². The summed E-state index contributed by atoms with van der Waals surface area (Å²) in [4.78, 5) is 36.9. The molecule has 0 saturated carbocycles. The molecule has 2 heterocycles. The van der Waals surface area contributed by atoms with Crippen molar-refractivity contribution in [2.75, 3.05) is 26.4 Å². The van der Waals surface area contributed by atoms with E-state index in [4.69, 9.17) is 19.3 Å². The highest BCUT2D eigenvalue weighted by Crippen LogP contribution is 2.45. The number of primary sulfonamides is 1. The molecule has 0 radical (unpaired) electrons. The molecule has 34 heavy (non-hydrogen) atoms. The predicted molar refractivity (Wildman–Crippen MR) is 120 cm³/mol. The van der Waals surface area contributed by atoms with Gasteiger partial charge in [0.2, 0.25) is 10.0 Å². The third-order valence-electron chi connectivity index (χ3n) is 5.05. The van der Waals surface area contributed by atoms with E-state index in [0.717, 1.165) is 0 Å². The van der Waals surface area contributed by atoms with Crippen LogP contribution in [0, 0.1) is 0 Å². The molecule has 2 atom stereocenters. The number of esters is 2. The monoisotopic (exact) mass is 540 g/mol. The van der Waals surface area contributed by atoms with Crippen molar-refractivity contribution in [2.24, 2.45) is 5.14 Å². The lowest BCUT2D eigenvalue weighted by molar-refractivity contribution is -0.150. The second kappa shape index (κ2) is 11.5. The van der Waals surface area contributed by atoms with Gasteiger partial charge in [-0.15, -0.1) is 11.3 Å². The number of hydrogen-bond donors (Lipinski definition) is 1. The zero-order valence-electron chi connectivity index (χ0n) is 19.0. The number of carbonyl (C=O) groups excluding carboxylic acids is 3. The Morgan fingerprint density at radius 3 is 2.26 bits per heavy atom. The number of carbonyl (C=O) groups is 3. The van der Waals surface area contributed by atoms with Gasteiger partial charge in [-0.3, -0.25) is 9.59 Å². The number of rotatable bonds is 10. The summed E-state index contributed by atoms with van der Waals surface area (Å²) in [6.45, 7) is 4.65. The standard InChI is InChI=1S/C19H28N2O10S3/c1-4-21(19(24)31-9-8-30-16(23)7-6-15(22)29-5-2)14-10-12(3)33(25,26)18-13(14)11-17(32-18)34(20,27)28/h11-12,14H,4-10H2,1-3H3,(H2,20,27,28)/t12-,14-/m0/s1. The fourth-order valence-electron chi connectivity index (χ4n) is 3.36. The topological polar surface area (TPSA) is 176 Å². The molecule has 0 bridgehead atoms. The van der Waals surface area contributed by atoms with Crippen LogP contribution in [0.25, 0.3) is 0 Å². The smallest absolute Gasteiger partial charge is 0.410 e. The number of amides is 1. The molecule has 0 unspecified atom stereocenters. The van der Waals surface area contributed by atoms with Crippen molar-refractivity contribution in [3.63, 3.8) is 0 Å². The maximum Gasteiger partial charge on any atom is 0.410 e. The van der Waals surface area contributed by atoms with Crippen molar-refractivity contribution in [2.45, 2.75) is 59.7 Å². The van der Waals surface area contributed by atoms with Gasteiger partial charge in [0, 0.05) is 12.1 Å². The lowest BCUT2D eigenvalue weighted by Crippen LogP contribution is -2.40. The van der Waals surface area contributed by atoms with Gasteiger partial charge in [0.25, 0.3) is 0 Å². The number of thiophene rings is 1. The molecule has 15 heteroatoms. The number of ether oxygens (including phenoxy) is 3. The van der Waals surface area contributed by atoms with E-state index in [1.807, 2.05) is 0 Å². The Balaban J connectivity index is 2.04. The molecule has 0 aromatic carbocycles. The van der Waals surface area contributed by atoms with Gasteiger partial charge < -0.3 is 19.1 Å². The van der Waals surface area contributed by atoms with Crippen LogP contribution in [0.2, 0.25) is 0 Å². The predicted octanol–water partition coefficient (Wildman–Crippen LogP) is 1.35.